The summed E-state index contributed by atoms with van der Waals surface area (Å²) >= 11 is 1.63. The van der Waals surface area contributed by atoms with Gasteiger partial charge in [0.2, 0.25) is 5.91 Å². The van der Waals surface area contributed by atoms with Crippen molar-refractivity contribution >= 4 is 34.4 Å². The summed E-state index contributed by atoms with van der Waals surface area (Å²) in [6, 6.07) is 8.18. The highest BCUT2D eigenvalue weighted by Gasteiger charge is 2.34. The molecule has 9 heteroatoms. The zero-order chi connectivity index (χ0) is 25.7. The van der Waals surface area contributed by atoms with Crippen molar-refractivity contribution in [3.63, 3.8) is 0 Å². The van der Waals surface area contributed by atoms with E-state index in [9.17, 15) is 14.0 Å². The molecule has 0 saturated carbocycles. The quantitative estimate of drug-likeness (QED) is 0.546. The van der Waals surface area contributed by atoms with Gasteiger partial charge < -0.3 is 15.5 Å². The molecule has 3 heterocycles. The fourth-order valence-electron chi connectivity index (χ4n) is 5.56. The Morgan fingerprint density at radius 1 is 1.19 bits per heavy atom. The number of halogens is 1. The van der Waals surface area contributed by atoms with Gasteiger partial charge in [-0.1, -0.05) is 18.7 Å². The zero-order valence-electron chi connectivity index (χ0n) is 20.7. The first-order valence-electron chi connectivity index (χ1n) is 12.1. The van der Waals surface area contributed by atoms with Gasteiger partial charge in [-0.2, -0.15) is 4.98 Å². The number of nitrogens with two attached hydrogens (primary N) is 1. The van der Waals surface area contributed by atoms with Crippen LogP contribution < -0.4 is 16.3 Å². The third-order valence-corrected chi connectivity index (χ3v) is 8.32. The lowest BCUT2D eigenvalue weighted by molar-refractivity contribution is -0.130. The van der Waals surface area contributed by atoms with Crippen molar-refractivity contribution in [3.8, 4) is 11.1 Å². The van der Waals surface area contributed by atoms with Gasteiger partial charge in [0, 0.05) is 59.4 Å². The lowest BCUT2D eigenvalue weighted by Crippen LogP contribution is -2.58. The number of amides is 1. The van der Waals surface area contributed by atoms with Crippen molar-refractivity contribution in [1.29, 1.82) is 0 Å². The molecular formula is C27H30FN5O2S. The molecule has 0 aliphatic carbocycles. The van der Waals surface area contributed by atoms with Crippen LogP contribution in [0.1, 0.15) is 19.4 Å². The number of rotatable bonds is 3. The molecule has 1 saturated heterocycles. The van der Waals surface area contributed by atoms with Gasteiger partial charge in [-0.25, -0.2) is 9.18 Å². The van der Waals surface area contributed by atoms with Gasteiger partial charge in [0.1, 0.15) is 11.6 Å². The number of anilines is 1. The van der Waals surface area contributed by atoms with Crippen LogP contribution in [0.15, 0.2) is 52.7 Å². The molecular weight excluding hydrogens is 477 g/mol. The van der Waals surface area contributed by atoms with Crippen LogP contribution in [0.4, 0.5) is 10.2 Å². The van der Waals surface area contributed by atoms with Crippen LogP contribution in [0.2, 0.25) is 0 Å². The minimum Gasteiger partial charge on any atom is -0.352 e. The molecule has 0 spiro atoms. The van der Waals surface area contributed by atoms with E-state index >= 15 is 0 Å². The molecule has 3 atom stereocenters. The Balaban J connectivity index is 1.73. The summed E-state index contributed by atoms with van der Waals surface area (Å²) in [4.78, 5) is 35.3. The highest BCUT2D eigenvalue weighted by atomic mass is 32.2. The summed E-state index contributed by atoms with van der Waals surface area (Å²) in [6.45, 7) is 11.2. The van der Waals surface area contributed by atoms with Crippen molar-refractivity contribution in [3.05, 3.63) is 64.9 Å². The average molecular weight is 508 g/mol. The third-order valence-electron chi connectivity index (χ3n) is 7.04. The first kappa shape index (κ1) is 24.5. The number of benzene rings is 2. The molecule has 1 amide bonds. The molecule has 2 aromatic carbocycles. The molecule has 188 valence electrons. The van der Waals surface area contributed by atoms with Crippen molar-refractivity contribution in [1.82, 2.24) is 14.5 Å². The summed E-state index contributed by atoms with van der Waals surface area (Å²) in [5.41, 5.74) is 9.74. The van der Waals surface area contributed by atoms with Gasteiger partial charge in [0.05, 0.1) is 5.52 Å². The SMILES string of the molecule is C=CC(=O)N1[C@H](C)CN(c2nc(=O)n3c4c(c(-c5ccc(F)cc5)c(C)cc24)SCC(N)C3)C[C@@H]1C. The van der Waals surface area contributed by atoms with E-state index in [-0.39, 0.29) is 35.5 Å². The standard InChI is InChI=1S/C27H30FN5O2S/c1-5-22(34)33-16(3)11-31(12-17(33)4)26-21-10-15(2)23(18-6-8-19(28)9-7-18)25-24(21)32(27(35)30-26)13-20(29)14-36-25/h5-10,16-17,20H,1,11-14,29H2,2-4H3/t16-,17+,20?. The van der Waals surface area contributed by atoms with Crippen LogP contribution in [-0.4, -0.2) is 57.3 Å². The normalized spacial score (nSPS) is 22.0. The molecule has 3 aromatic rings. The van der Waals surface area contributed by atoms with Crippen LogP contribution in [0.25, 0.3) is 22.0 Å². The maximum atomic E-state index is 13.7. The van der Waals surface area contributed by atoms with Crippen LogP contribution in [0, 0.1) is 12.7 Å². The highest BCUT2D eigenvalue weighted by molar-refractivity contribution is 7.99. The maximum absolute atomic E-state index is 13.7. The number of hydrogen-bond acceptors (Lipinski definition) is 6. The molecule has 36 heavy (non-hydrogen) atoms. The second-order valence-corrected chi connectivity index (χ2v) is 10.8. The van der Waals surface area contributed by atoms with E-state index in [1.807, 2.05) is 25.7 Å². The topological polar surface area (TPSA) is 84.5 Å². The van der Waals surface area contributed by atoms with Crippen molar-refractivity contribution < 1.29 is 9.18 Å². The van der Waals surface area contributed by atoms with Crippen molar-refractivity contribution in [2.45, 2.75) is 50.3 Å². The van der Waals surface area contributed by atoms with Gasteiger partial charge in [-0.05, 0) is 56.2 Å². The Bertz CT molecular complexity index is 1410. The van der Waals surface area contributed by atoms with Crippen LogP contribution in [-0.2, 0) is 11.3 Å². The van der Waals surface area contributed by atoms with E-state index < -0.39 is 0 Å². The lowest BCUT2D eigenvalue weighted by Gasteiger charge is -2.44. The molecule has 1 unspecified atom stereocenters. The number of thioether (sulfide) groups is 1. The summed E-state index contributed by atoms with van der Waals surface area (Å²) in [6.07, 6.45) is 1.35. The van der Waals surface area contributed by atoms with Crippen molar-refractivity contribution in [2.75, 3.05) is 23.7 Å². The lowest BCUT2D eigenvalue weighted by atomic mass is 9.97. The fraction of sp³-hybridized carbons (Fsp3) is 0.370. The first-order valence-corrected chi connectivity index (χ1v) is 13.1. The first-order chi connectivity index (χ1) is 17.2. The Hall–Kier alpha value is -3.17. The number of aryl methyl sites for hydroxylation is 1. The molecule has 2 aliphatic rings. The molecule has 1 aromatic heterocycles. The number of carbonyl (C=O) groups excluding carboxylic acids is 1. The molecule has 1 fully saturated rings. The molecule has 0 bridgehead atoms. The van der Waals surface area contributed by atoms with Gasteiger partial charge in [-0.15, -0.1) is 11.8 Å². The third kappa shape index (κ3) is 4.10. The number of hydrogen-bond donors (Lipinski definition) is 1. The fourth-order valence-corrected chi connectivity index (χ4v) is 6.83. The molecule has 2 N–H and O–H groups in total. The number of carbonyl (C=O) groups is 1. The molecule has 2 aliphatic heterocycles. The minimum atomic E-state index is -0.337. The minimum absolute atomic E-state index is 0.0731. The second-order valence-electron chi connectivity index (χ2n) is 9.75. The highest BCUT2D eigenvalue weighted by Crippen LogP contribution is 2.43. The monoisotopic (exact) mass is 507 g/mol. The van der Waals surface area contributed by atoms with Gasteiger partial charge >= 0.3 is 5.69 Å². The van der Waals surface area contributed by atoms with Gasteiger partial charge in [0.15, 0.2) is 0 Å². The Morgan fingerprint density at radius 3 is 2.50 bits per heavy atom. The smallest absolute Gasteiger partial charge is 0.350 e. The summed E-state index contributed by atoms with van der Waals surface area (Å²) < 4.78 is 15.4. The van der Waals surface area contributed by atoms with Crippen LogP contribution >= 0.6 is 11.8 Å². The number of nitrogens with zero attached hydrogens (tertiary/aromatic N) is 4. The number of piperazine rings is 1. The van der Waals surface area contributed by atoms with E-state index in [2.05, 4.69) is 22.5 Å². The van der Waals surface area contributed by atoms with E-state index in [1.165, 1.54) is 18.2 Å². The van der Waals surface area contributed by atoms with E-state index in [4.69, 9.17) is 5.73 Å². The van der Waals surface area contributed by atoms with E-state index in [0.717, 1.165) is 32.5 Å². The second kappa shape index (κ2) is 9.37. The molecule has 0 radical (unpaired) electrons. The maximum Gasteiger partial charge on any atom is 0.350 e. The van der Waals surface area contributed by atoms with Gasteiger partial charge in [-0.3, -0.25) is 9.36 Å². The predicted octanol–water partition coefficient (Wildman–Crippen LogP) is 3.56. The van der Waals surface area contributed by atoms with Crippen LogP contribution in [0.3, 0.4) is 0 Å². The average Bonchev–Trinajstić information content (AvgIpc) is 3.01. The van der Waals surface area contributed by atoms with E-state index in [0.29, 0.717) is 31.2 Å². The molecule has 5 rings (SSSR count). The van der Waals surface area contributed by atoms with Crippen molar-refractivity contribution in [2.24, 2.45) is 5.73 Å². The summed E-state index contributed by atoms with van der Waals surface area (Å²) in [5, 5.41) is 0.887. The summed E-state index contributed by atoms with van der Waals surface area (Å²) in [7, 11) is 0. The Labute approximate surface area is 213 Å². The van der Waals surface area contributed by atoms with Gasteiger partial charge in [0.25, 0.3) is 0 Å². The Kier molecular flexibility index (Phi) is 6.38. The van der Waals surface area contributed by atoms with E-state index in [1.54, 1.807) is 28.5 Å². The predicted molar refractivity (Wildman–Crippen MR) is 143 cm³/mol. The largest absolute Gasteiger partial charge is 0.352 e. The van der Waals surface area contributed by atoms with Crippen LogP contribution in [0.5, 0.6) is 0 Å². The molecule has 7 nitrogen and oxygen atoms in total. The number of aromatic nitrogens is 2. The Morgan fingerprint density at radius 2 is 1.86 bits per heavy atom. The zero-order valence-corrected chi connectivity index (χ0v) is 21.5. The summed E-state index contributed by atoms with van der Waals surface area (Å²) in [5.74, 6) is 0.890.